The summed E-state index contributed by atoms with van der Waals surface area (Å²) in [5.74, 6) is 0.488. The smallest absolute Gasteiger partial charge is 0.251 e. The van der Waals surface area contributed by atoms with Crippen LogP contribution in [0.1, 0.15) is 5.69 Å². The number of hydrogen-bond acceptors (Lipinski definition) is 5. The molecule has 3 aromatic carbocycles. The maximum absolute atomic E-state index is 12.6. The first-order valence-corrected chi connectivity index (χ1v) is 12.5. The standard InChI is InChI=1S/C25H20ClN3O2S2/c26-18-10-12-20(13-11-18)32-15-19-14-23(30)29-25(27-19)33-16-24(31)28-22-9-5-4-8-21(22)17-6-2-1-3-7-17/h1-14H,15-16H2,(H,28,31)(H,27,29,30). The average molecular weight is 494 g/mol. The van der Waals surface area contributed by atoms with Gasteiger partial charge in [-0.3, -0.25) is 9.59 Å². The third-order valence-electron chi connectivity index (χ3n) is 4.60. The minimum atomic E-state index is -0.242. The van der Waals surface area contributed by atoms with Crippen molar-refractivity contribution >= 4 is 46.7 Å². The molecule has 0 fully saturated rings. The highest BCUT2D eigenvalue weighted by molar-refractivity contribution is 7.99. The fourth-order valence-corrected chi connectivity index (χ4v) is 4.71. The first-order valence-electron chi connectivity index (χ1n) is 10.1. The summed E-state index contributed by atoms with van der Waals surface area (Å²) in [5.41, 5.74) is 3.12. The molecule has 8 heteroatoms. The van der Waals surface area contributed by atoms with Crippen LogP contribution in [0.4, 0.5) is 5.69 Å². The molecule has 0 aliphatic rings. The van der Waals surface area contributed by atoms with Gasteiger partial charge in [0.2, 0.25) is 5.91 Å². The number of anilines is 1. The molecule has 0 aliphatic carbocycles. The van der Waals surface area contributed by atoms with Crippen LogP contribution < -0.4 is 10.9 Å². The SMILES string of the molecule is O=C(CSc1nc(CSc2ccc(Cl)cc2)cc(=O)[nH]1)Nc1ccccc1-c1ccccc1. The van der Waals surface area contributed by atoms with Gasteiger partial charge in [-0.15, -0.1) is 11.8 Å². The van der Waals surface area contributed by atoms with Gasteiger partial charge in [-0.1, -0.05) is 71.9 Å². The van der Waals surface area contributed by atoms with Gasteiger partial charge in [0.05, 0.1) is 11.4 Å². The largest absolute Gasteiger partial charge is 0.325 e. The predicted molar refractivity (Wildman–Crippen MR) is 137 cm³/mol. The van der Waals surface area contributed by atoms with Crippen molar-refractivity contribution in [1.29, 1.82) is 0 Å². The number of para-hydroxylation sites is 1. The molecule has 33 heavy (non-hydrogen) atoms. The van der Waals surface area contributed by atoms with E-state index in [1.165, 1.54) is 17.8 Å². The van der Waals surface area contributed by atoms with Gasteiger partial charge in [0, 0.05) is 33.0 Å². The maximum atomic E-state index is 12.6. The van der Waals surface area contributed by atoms with Gasteiger partial charge >= 0.3 is 0 Å². The van der Waals surface area contributed by atoms with Crippen LogP contribution in [0.15, 0.2) is 99.8 Å². The van der Waals surface area contributed by atoms with E-state index in [0.717, 1.165) is 21.7 Å². The van der Waals surface area contributed by atoms with Crippen LogP contribution in [0, 0.1) is 0 Å². The zero-order chi connectivity index (χ0) is 23.0. The molecule has 1 heterocycles. The quantitative estimate of drug-likeness (QED) is 0.229. The molecule has 2 N–H and O–H groups in total. The lowest BCUT2D eigenvalue weighted by Gasteiger charge is -2.11. The molecule has 4 aromatic rings. The van der Waals surface area contributed by atoms with Crippen LogP contribution in [-0.2, 0) is 10.5 Å². The summed E-state index contributed by atoms with van der Waals surface area (Å²) in [7, 11) is 0. The first kappa shape index (κ1) is 23.2. The zero-order valence-electron chi connectivity index (χ0n) is 17.5. The summed E-state index contributed by atoms with van der Waals surface area (Å²) in [6.07, 6.45) is 0. The molecule has 1 amide bonds. The van der Waals surface area contributed by atoms with Crippen LogP contribution >= 0.6 is 35.1 Å². The Morgan fingerprint density at radius 1 is 0.939 bits per heavy atom. The molecular formula is C25H20ClN3O2S2. The summed E-state index contributed by atoms with van der Waals surface area (Å²) >= 11 is 8.68. The molecule has 0 saturated carbocycles. The number of halogens is 1. The molecular weight excluding hydrogens is 474 g/mol. The van der Waals surface area contributed by atoms with Crippen molar-refractivity contribution in [2.24, 2.45) is 0 Å². The normalized spacial score (nSPS) is 10.7. The van der Waals surface area contributed by atoms with Gasteiger partial charge in [-0.25, -0.2) is 4.98 Å². The van der Waals surface area contributed by atoms with Gasteiger partial charge in [0.15, 0.2) is 5.16 Å². The summed E-state index contributed by atoms with van der Waals surface area (Å²) in [4.78, 5) is 32.9. The zero-order valence-corrected chi connectivity index (χ0v) is 19.8. The van der Waals surface area contributed by atoms with Gasteiger partial charge in [0.25, 0.3) is 5.56 Å². The van der Waals surface area contributed by atoms with Crippen molar-refractivity contribution in [3.8, 4) is 11.1 Å². The van der Waals surface area contributed by atoms with E-state index in [4.69, 9.17) is 11.6 Å². The van der Waals surface area contributed by atoms with Crippen LogP contribution in [0.5, 0.6) is 0 Å². The van der Waals surface area contributed by atoms with Crippen molar-refractivity contribution in [2.45, 2.75) is 15.8 Å². The molecule has 0 saturated heterocycles. The molecule has 0 unspecified atom stereocenters. The van der Waals surface area contributed by atoms with E-state index in [9.17, 15) is 9.59 Å². The van der Waals surface area contributed by atoms with Gasteiger partial charge in [-0.05, 0) is 35.9 Å². The number of carbonyl (C=O) groups is 1. The number of carbonyl (C=O) groups excluding carboxylic acids is 1. The molecule has 4 rings (SSSR count). The maximum Gasteiger partial charge on any atom is 0.251 e. The number of H-pyrrole nitrogens is 1. The number of nitrogens with zero attached hydrogens (tertiary/aromatic N) is 1. The van der Waals surface area contributed by atoms with E-state index < -0.39 is 0 Å². The van der Waals surface area contributed by atoms with E-state index in [2.05, 4.69) is 15.3 Å². The Kier molecular flexibility index (Phi) is 7.88. The molecule has 0 radical (unpaired) electrons. The molecule has 1 aromatic heterocycles. The van der Waals surface area contributed by atoms with Crippen molar-refractivity contribution in [3.63, 3.8) is 0 Å². The van der Waals surface area contributed by atoms with Crippen LogP contribution in [0.2, 0.25) is 5.02 Å². The third-order valence-corrected chi connectivity index (χ3v) is 6.77. The fraction of sp³-hybridized carbons (Fsp3) is 0.0800. The number of aromatic amines is 1. The first-order chi connectivity index (χ1) is 16.1. The summed E-state index contributed by atoms with van der Waals surface area (Å²) in [5, 5.41) is 4.06. The number of nitrogens with one attached hydrogen (secondary N) is 2. The Bertz CT molecular complexity index is 1300. The number of amides is 1. The highest BCUT2D eigenvalue weighted by atomic mass is 35.5. The second kappa shape index (κ2) is 11.2. The second-order valence-electron chi connectivity index (χ2n) is 7.03. The average Bonchev–Trinajstić information content (AvgIpc) is 2.83. The van der Waals surface area contributed by atoms with Crippen LogP contribution in [-0.4, -0.2) is 21.6 Å². The lowest BCUT2D eigenvalue weighted by atomic mass is 10.0. The summed E-state index contributed by atoms with van der Waals surface area (Å²) < 4.78 is 0. The molecule has 5 nitrogen and oxygen atoms in total. The molecule has 0 spiro atoms. The van der Waals surface area contributed by atoms with Gasteiger partial charge in [0.1, 0.15) is 0 Å². The third kappa shape index (κ3) is 6.74. The monoisotopic (exact) mass is 493 g/mol. The topological polar surface area (TPSA) is 74.8 Å². The van der Waals surface area contributed by atoms with Gasteiger partial charge < -0.3 is 10.3 Å². The summed E-state index contributed by atoms with van der Waals surface area (Å²) in [6.45, 7) is 0. The Morgan fingerprint density at radius 2 is 1.67 bits per heavy atom. The minimum absolute atomic E-state index is 0.125. The Labute approximate surface area is 205 Å². The van der Waals surface area contributed by atoms with Crippen molar-refractivity contribution in [2.75, 3.05) is 11.1 Å². The van der Waals surface area contributed by atoms with E-state index in [0.29, 0.717) is 21.6 Å². The predicted octanol–water partition coefficient (Wildman–Crippen LogP) is 6.11. The Balaban J connectivity index is 1.38. The lowest BCUT2D eigenvalue weighted by molar-refractivity contribution is -0.113. The molecule has 166 valence electrons. The second-order valence-corrected chi connectivity index (χ2v) is 9.48. The molecule has 0 aliphatic heterocycles. The Hall–Kier alpha value is -3.00. The van der Waals surface area contributed by atoms with Crippen molar-refractivity contribution < 1.29 is 4.79 Å². The summed E-state index contributed by atoms with van der Waals surface area (Å²) in [6, 6.07) is 26.5. The fourth-order valence-electron chi connectivity index (χ4n) is 3.10. The highest BCUT2D eigenvalue weighted by Crippen LogP contribution is 2.28. The molecule has 0 atom stereocenters. The van der Waals surface area contributed by atoms with E-state index in [1.54, 1.807) is 11.8 Å². The van der Waals surface area contributed by atoms with Crippen LogP contribution in [0.25, 0.3) is 11.1 Å². The van der Waals surface area contributed by atoms with Gasteiger partial charge in [-0.2, -0.15) is 0 Å². The molecule has 0 bridgehead atoms. The number of aromatic nitrogens is 2. The number of thioether (sulfide) groups is 2. The number of rotatable bonds is 8. The van der Waals surface area contributed by atoms with E-state index >= 15 is 0 Å². The minimum Gasteiger partial charge on any atom is -0.325 e. The lowest BCUT2D eigenvalue weighted by Crippen LogP contribution is -2.16. The van der Waals surface area contributed by atoms with E-state index in [1.807, 2.05) is 78.9 Å². The Morgan fingerprint density at radius 3 is 2.45 bits per heavy atom. The van der Waals surface area contributed by atoms with Crippen LogP contribution in [0.3, 0.4) is 0 Å². The number of benzene rings is 3. The highest BCUT2D eigenvalue weighted by Gasteiger charge is 2.10. The van der Waals surface area contributed by atoms with Crippen molar-refractivity contribution in [3.05, 3.63) is 106 Å². The number of hydrogen-bond donors (Lipinski definition) is 2. The van der Waals surface area contributed by atoms with E-state index in [-0.39, 0.29) is 17.2 Å². The van der Waals surface area contributed by atoms with Crippen molar-refractivity contribution in [1.82, 2.24) is 9.97 Å².